The normalized spacial score (nSPS) is 14.2. The van der Waals surface area contributed by atoms with E-state index < -0.39 is 0 Å². The molecule has 0 unspecified atom stereocenters. The lowest BCUT2D eigenvalue weighted by Gasteiger charge is -2.28. The van der Waals surface area contributed by atoms with Crippen molar-refractivity contribution in [2.75, 3.05) is 29.9 Å². The van der Waals surface area contributed by atoms with Crippen LogP contribution in [0.2, 0.25) is 0 Å². The van der Waals surface area contributed by atoms with Crippen molar-refractivity contribution in [3.05, 3.63) is 54.1 Å². The van der Waals surface area contributed by atoms with Crippen LogP contribution >= 0.6 is 0 Å². The molecule has 4 heteroatoms. The van der Waals surface area contributed by atoms with Crippen LogP contribution in [0.25, 0.3) is 0 Å². The zero-order chi connectivity index (χ0) is 17.5. The molecule has 132 valence electrons. The predicted octanol–water partition coefficient (Wildman–Crippen LogP) is 4.26. The van der Waals surface area contributed by atoms with Crippen molar-refractivity contribution < 1.29 is 9.53 Å². The average molecular weight is 338 g/mol. The molecule has 0 aromatic heterocycles. The Morgan fingerprint density at radius 2 is 1.84 bits per heavy atom. The molecule has 1 N–H and O–H groups in total. The number of nitrogens with one attached hydrogen (secondary N) is 1. The summed E-state index contributed by atoms with van der Waals surface area (Å²) in [6.07, 6.45) is 4.79. The summed E-state index contributed by atoms with van der Waals surface area (Å²) in [5.41, 5.74) is 3.23. The molecule has 0 atom stereocenters. The second kappa shape index (κ2) is 8.56. The SMILES string of the molecule is CCc1cccc(OCC(=O)Nc2ccc(N3CCCCC3)cc2)c1. The van der Waals surface area contributed by atoms with Crippen LogP contribution in [0, 0.1) is 0 Å². The van der Waals surface area contributed by atoms with Crippen molar-refractivity contribution in [2.45, 2.75) is 32.6 Å². The van der Waals surface area contributed by atoms with Crippen molar-refractivity contribution in [3.8, 4) is 5.75 Å². The fourth-order valence-electron chi connectivity index (χ4n) is 3.11. The Hall–Kier alpha value is -2.49. The van der Waals surface area contributed by atoms with Crippen LogP contribution in [-0.2, 0) is 11.2 Å². The van der Waals surface area contributed by atoms with Crippen LogP contribution in [0.1, 0.15) is 31.7 Å². The van der Waals surface area contributed by atoms with Crippen molar-refractivity contribution in [2.24, 2.45) is 0 Å². The zero-order valence-corrected chi connectivity index (χ0v) is 14.8. The maximum atomic E-state index is 12.1. The molecule has 25 heavy (non-hydrogen) atoms. The van der Waals surface area contributed by atoms with E-state index in [9.17, 15) is 4.79 Å². The number of carbonyl (C=O) groups excluding carboxylic acids is 1. The Morgan fingerprint density at radius 1 is 1.08 bits per heavy atom. The fourth-order valence-corrected chi connectivity index (χ4v) is 3.11. The predicted molar refractivity (Wildman–Crippen MR) is 102 cm³/mol. The van der Waals surface area contributed by atoms with Gasteiger partial charge in [0.1, 0.15) is 5.75 Å². The summed E-state index contributed by atoms with van der Waals surface area (Å²) in [4.78, 5) is 14.5. The van der Waals surface area contributed by atoms with E-state index in [2.05, 4.69) is 35.3 Å². The average Bonchev–Trinajstić information content (AvgIpc) is 2.68. The number of rotatable bonds is 6. The number of hydrogen-bond acceptors (Lipinski definition) is 3. The summed E-state index contributed by atoms with van der Waals surface area (Å²) in [6, 6.07) is 15.9. The molecule has 4 nitrogen and oxygen atoms in total. The van der Waals surface area contributed by atoms with Gasteiger partial charge in [0.2, 0.25) is 0 Å². The Labute approximate surface area is 149 Å². The Morgan fingerprint density at radius 3 is 2.56 bits per heavy atom. The van der Waals surface area contributed by atoms with Gasteiger partial charge in [-0.05, 0) is 67.6 Å². The van der Waals surface area contributed by atoms with Crippen LogP contribution in [0.3, 0.4) is 0 Å². The first-order valence-electron chi connectivity index (χ1n) is 9.11. The highest BCUT2D eigenvalue weighted by atomic mass is 16.5. The zero-order valence-electron chi connectivity index (χ0n) is 14.8. The van der Waals surface area contributed by atoms with Gasteiger partial charge in [-0.1, -0.05) is 19.1 Å². The number of anilines is 2. The fraction of sp³-hybridized carbons (Fsp3) is 0.381. The number of carbonyl (C=O) groups is 1. The minimum Gasteiger partial charge on any atom is -0.484 e. The van der Waals surface area contributed by atoms with Crippen LogP contribution in [0.15, 0.2) is 48.5 Å². The van der Waals surface area contributed by atoms with E-state index in [1.807, 2.05) is 30.3 Å². The molecule has 2 aromatic carbocycles. The topological polar surface area (TPSA) is 41.6 Å². The maximum Gasteiger partial charge on any atom is 0.262 e. The van der Waals surface area contributed by atoms with E-state index in [1.165, 1.54) is 30.5 Å². The Balaban J connectivity index is 1.50. The Kier molecular flexibility index (Phi) is 5.94. The highest BCUT2D eigenvalue weighted by Crippen LogP contribution is 2.22. The molecule has 2 aromatic rings. The van der Waals surface area contributed by atoms with Crippen LogP contribution in [0.5, 0.6) is 5.75 Å². The molecule has 0 radical (unpaired) electrons. The van der Waals surface area contributed by atoms with E-state index >= 15 is 0 Å². The lowest BCUT2D eigenvalue weighted by atomic mass is 10.1. The van der Waals surface area contributed by atoms with Crippen molar-refractivity contribution in [3.63, 3.8) is 0 Å². The molecule has 0 spiro atoms. The van der Waals surface area contributed by atoms with Gasteiger partial charge in [-0.2, -0.15) is 0 Å². The quantitative estimate of drug-likeness (QED) is 0.856. The summed E-state index contributed by atoms with van der Waals surface area (Å²) < 4.78 is 5.58. The molecule has 1 amide bonds. The van der Waals surface area contributed by atoms with E-state index in [-0.39, 0.29) is 12.5 Å². The first-order chi connectivity index (χ1) is 12.2. The van der Waals surface area contributed by atoms with Gasteiger partial charge in [-0.25, -0.2) is 0 Å². The number of hydrogen-bond donors (Lipinski definition) is 1. The van der Waals surface area contributed by atoms with Crippen LogP contribution in [-0.4, -0.2) is 25.6 Å². The molecule has 1 fully saturated rings. The van der Waals surface area contributed by atoms with Crippen molar-refractivity contribution in [1.82, 2.24) is 0 Å². The van der Waals surface area contributed by atoms with E-state index in [1.54, 1.807) is 0 Å². The summed E-state index contributed by atoms with van der Waals surface area (Å²) in [5.74, 6) is 0.586. The lowest BCUT2D eigenvalue weighted by molar-refractivity contribution is -0.118. The van der Waals surface area contributed by atoms with Gasteiger partial charge in [0.05, 0.1) is 0 Å². The minimum absolute atomic E-state index is 0.0149. The number of amides is 1. The third-order valence-corrected chi connectivity index (χ3v) is 4.55. The monoisotopic (exact) mass is 338 g/mol. The first kappa shape index (κ1) is 17.3. The van der Waals surface area contributed by atoms with Gasteiger partial charge < -0.3 is 15.0 Å². The van der Waals surface area contributed by atoms with E-state index in [4.69, 9.17) is 4.74 Å². The standard InChI is InChI=1S/C21H26N2O2/c1-2-17-7-6-8-20(15-17)25-16-21(24)22-18-9-11-19(12-10-18)23-13-4-3-5-14-23/h6-12,15H,2-5,13-14,16H2,1H3,(H,22,24). The molecule has 0 saturated carbocycles. The molecule has 0 aliphatic carbocycles. The molecule has 1 saturated heterocycles. The molecule has 0 bridgehead atoms. The third kappa shape index (κ3) is 4.99. The molecular weight excluding hydrogens is 312 g/mol. The number of nitrogens with zero attached hydrogens (tertiary/aromatic N) is 1. The van der Waals surface area contributed by atoms with Crippen LogP contribution in [0.4, 0.5) is 11.4 Å². The summed E-state index contributed by atoms with van der Waals surface area (Å²) in [6.45, 7) is 4.35. The summed E-state index contributed by atoms with van der Waals surface area (Å²) in [7, 11) is 0. The first-order valence-corrected chi connectivity index (χ1v) is 9.11. The van der Waals surface area contributed by atoms with E-state index in [0.29, 0.717) is 0 Å². The smallest absolute Gasteiger partial charge is 0.262 e. The molecule has 1 aliphatic rings. The molecule has 3 rings (SSSR count). The van der Waals surface area contributed by atoms with Crippen LogP contribution < -0.4 is 15.0 Å². The number of piperidine rings is 1. The molecule has 1 aliphatic heterocycles. The van der Waals surface area contributed by atoms with Gasteiger partial charge in [0.15, 0.2) is 6.61 Å². The largest absolute Gasteiger partial charge is 0.484 e. The van der Waals surface area contributed by atoms with Gasteiger partial charge >= 0.3 is 0 Å². The highest BCUT2D eigenvalue weighted by Gasteiger charge is 2.11. The van der Waals surface area contributed by atoms with Crippen molar-refractivity contribution in [1.29, 1.82) is 0 Å². The number of benzene rings is 2. The summed E-state index contributed by atoms with van der Waals surface area (Å²) in [5, 5.41) is 2.89. The number of ether oxygens (including phenoxy) is 1. The number of aryl methyl sites for hydroxylation is 1. The minimum atomic E-state index is -0.146. The molecular formula is C21H26N2O2. The third-order valence-electron chi connectivity index (χ3n) is 4.55. The highest BCUT2D eigenvalue weighted by molar-refractivity contribution is 5.92. The van der Waals surface area contributed by atoms with Gasteiger partial charge in [0.25, 0.3) is 5.91 Å². The Bertz CT molecular complexity index is 691. The van der Waals surface area contributed by atoms with Crippen molar-refractivity contribution >= 4 is 17.3 Å². The second-order valence-electron chi connectivity index (χ2n) is 6.43. The lowest BCUT2D eigenvalue weighted by Crippen LogP contribution is -2.29. The maximum absolute atomic E-state index is 12.1. The molecule has 1 heterocycles. The van der Waals surface area contributed by atoms with Gasteiger partial charge in [-0.15, -0.1) is 0 Å². The van der Waals surface area contributed by atoms with E-state index in [0.717, 1.165) is 30.9 Å². The summed E-state index contributed by atoms with van der Waals surface area (Å²) >= 11 is 0. The second-order valence-corrected chi connectivity index (χ2v) is 6.43. The van der Waals surface area contributed by atoms with Gasteiger partial charge in [-0.3, -0.25) is 4.79 Å². The van der Waals surface area contributed by atoms with Gasteiger partial charge in [0, 0.05) is 24.5 Å².